The van der Waals surface area contributed by atoms with Crippen LogP contribution in [0.2, 0.25) is 0 Å². The van der Waals surface area contributed by atoms with E-state index in [2.05, 4.69) is 4.18 Å². The molecule has 0 N–H and O–H groups in total. The SMILES string of the molecule is C/C(=C/c1cccc[n+]1COCOS(C)(=O)=O)[N+](=O)[O-]. The first-order chi connectivity index (χ1) is 9.29. The van der Waals surface area contributed by atoms with Crippen LogP contribution in [0.15, 0.2) is 30.1 Å². The van der Waals surface area contributed by atoms with E-state index in [0.29, 0.717) is 5.69 Å². The fraction of sp³-hybridized carbons (Fsp3) is 0.364. The first-order valence-corrected chi connectivity index (χ1v) is 7.34. The maximum atomic E-state index is 10.7. The number of aromatic nitrogens is 1. The predicted molar refractivity (Wildman–Crippen MR) is 69.2 cm³/mol. The van der Waals surface area contributed by atoms with Crippen LogP contribution in [0.5, 0.6) is 0 Å². The lowest BCUT2D eigenvalue weighted by atomic mass is 10.3. The summed E-state index contributed by atoms with van der Waals surface area (Å²) in [4.78, 5) is 10.1. The summed E-state index contributed by atoms with van der Waals surface area (Å²) in [5.41, 5.74) is 0.540. The Morgan fingerprint density at radius 1 is 1.50 bits per heavy atom. The number of pyridine rings is 1. The van der Waals surface area contributed by atoms with Crippen molar-refractivity contribution in [2.45, 2.75) is 13.7 Å². The quantitative estimate of drug-likeness (QED) is 0.182. The third-order valence-electron chi connectivity index (χ3n) is 2.20. The molecule has 8 nitrogen and oxygen atoms in total. The monoisotopic (exact) mass is 303 g/mol. The number of nitrogens with zero attached hydrogens (tertiary/aromatic N) is 2. The molecule has 1 aromatic heterocycles. The van der Waals surface area contributed by atoms with Gasteiger partial charge in [-0.2, -0.15) is 13.0 Å². The lowest BCUT2D eigenvalue weighted by Gasteiger charge is -2.02. The topological polar surface area (TPSA) is 99.6 Å². The van der Waals surface area contributed by atoms with Gasteiger partial charge >= 0.3 is 0 Å². The van der Waals surface area contributed by atoms with Crippen LogP contribution in [0.1, 0.15) is 12.6 Å². The van der Waals surface area contributed by atoms with Gasteiger partial charge in [-0.25, -0.2) is 4.18 Å². The lowest BCUT2D eigenvalue weighted by molar-refractivity contribution is -0.735. The molecule has 110 valence electrons. The summed E-state index contributed by atoms with van der Waals surface area (Å²) in [5, 5.41) is 10.6. The first kappa shape index (κ1) is 16.2. The summed E-state index contributed by atoms with van der Waals surface area (Å²) in [5.74, 6) is 0. The van der Waals surface area contributed by atoms with Gasteiger partial charge in [-0.3, -0.25) is 14.9 Å². The summed E-state index contributed by atoms with van der Waals surface area (Å²) in [6.07, 6.45) is 3.96. The highest BCUT2D eigenvalue weighted by Gasteiger charge is 2.12. The van der Waals surface area contributed by atoms with Crippen molar-refractivity contribution in [3.63, 3.8) is 0 Å². The van der Waals surface area contributed by atoms with Gasteiger partial charge in [0.25, 0.3) is 16.8 Å². The van der Waals surface area contributed by atoms with Gasteiger partial charge in [-0.1, -0.05) is 0 Å². The molecule has 20 heavy (non-hydrogen) atoms. The summed E-state index contributed by atoms with van der Waals surface area (Å²) in [6.45, 7) is 0.969. The number of nitro groups is 1. The largest absolute Gasteiger partial charge is 0.295 e. The average Bonchev–Trinajstić information content (AvgIpc) is 2.35. The molecule has 0 bridgehead atoms. The molecule has 0 radical (unpaired) electrons. The van der Waals surface area contributed by atoms with Crippen molar-refractivity contribution in [3.8, 4) is 0 Å². The maximum absolute atomic E-state index is 10.7. The van der Waals surface area contributed by atoms with Crippen LogP contribution in [0.3, 0.4) is 0 Å². The van der Waals surface area contributed by atoms with Gasteiger partial charge in [0.05, 0.1) is 17.3 Å². The molecular weight excluding hydrogens is 288 g/mol. The average molecular weight is 303 g/mol. The van der Waals surface area contributed by atoms with Gasteiger partial charge in [0.15, 0.2) is 13.0 Å². The van der Waals surface area contributed by atoms with E-state index < -0.39 is 21.8 Å². The van der Waals surface area contributed by atoms with E-state index >= 15 is 0 Å². The van der Waals surface area contributed by atoms with Crippen LogP contribution in [0, 0.1) is 10.1 Å². The van der Waals surface area contributed by atoms with E-state index in [1.54, 1.807) is 29.0 Å². The molecule has 0 aliphatic carbocycles. The summed E-state index contributed by atoms with van der Waals surface area (Å²) >= 11 is 0. The van der Waals surface area contributed by atoms with Gasteiger partial charge in [-0.05, 0) is 6.07 Å². The molecule has 1 rings (SSSR count). The van der Waals surface area contributed by atoms with Crippen LogP contribution in [-0.2, 0) is 25.8 Å². The zero-order valence-corrected chi connectivity index (χ0v) is 11.9. The number of rotatable bonds is 7. The van der Waals surface area contributed by atoms with Gasteiger partial charge in [0, 0.05) is 19.1 Å². The van der Waals surface area contributed by atoms with Crippen molar-refractivity contribution in [1.29, 1.82) is 0 Å². The molecule has 0 amide bonds. The number of allylic oxidation sites excluding steroid dienone is 1. The second-order valence-electron chi connectivity index (χ2n) is 3.91. The van der Waals surface area contributed by atoms with E-state index in [9.17, 15) is 18.5 Å². The summed E-state index contributed by atoms with van der Waals surface area (Å²) in [7, 11) is -3.55. The highest BCUT2D eigenvalue weighted by Crippen LogP contribution is 2.02. The van der Waals surface area contributed by atoms with E-state index in [1.807, 2.05) is 0 Å². The second-order valence-corrected chi connectivity index (χ2v) is 5.56. The van der Waals surface area contributed by atoms with Crippen LogP contribution in [0.4, 0.5) is 0 Å². The van der Waals surface area contributed by atoms with E-state index in [1.165, 1.54) is 13.0 Å². The van der Waals surface area contributed by atoms with Gasteiger partial charge < -0.3 is 0 Å². The van der Waals surface area contributed by atoms with Crippen molar-refractivity contribution in [2.75, 3.05) is 13.0 Å². The van der Waals surface area contributed by atoms with Crippen LogP contribution in [0.25, 0.3) is 6.08 Å². The number of hydrogen-bond donors (Lipinski definition) is 0. The highest BCUT2D eigenvalue weighted by molar-refractivity contribution is 7.85. The molecule has 9 heteroatoms. The maximum Gasteiger partial charge on any atom is 0.266 e. The first-order valence-electron chi connectivity index (χ1n) is 5.53. The second kappa shape index (κ2) is 7.08. The minimum atomic E-state index is -3.55. The Hall–Kier alpha value is -1.84. The molecule has 0 fully saturated rings. The van der Waals surface area contributed by atoms with Crippen molar-refractivity contribution >= 4 is 16.2 Å². The molecule has 1 aromatic rings. The standard InChI is InChI=1S/C11H15N2O6S/c1-10(13(14)15)7-11-5-3-4-6-12(11)8-18-9-19-20(2,16)17/h3-7H,8-9H2,1-2H3/q+1/b10-7-. The Labute approximate surface area is 116 Å². The van der Waals surface area contributed by atoms with E-state index in [-0.39, 0.29) is 12.4 Å². The van der Waals surface area contributed by atoms with E-state index in [4.69, 9.17) is 4.74 Å². The Balaban J connectivity index is 2.72. The predicted octanol–water partition coefficient (Wildman–Crippen LogP) is 0.519. The molecule has 1 heterocycles. The van der Waals surface area contributed by atoms with Crippen molar-refractivity contribution in [1.82, 2.24) is 0 Å². The smallest absolute Gasteiger partial charge is 0.266 e. The Kier molecular flexibility index (Phi) is 5.74. The van der Waals surface area contributed by atoms with Crippen molar-refractivity contribution in [2.24, 2.45) is 0 Å². The Morgan fingerprint density at radius 3 is 2.80 bits per heavy atom. The highest BCUT2D eigenvalue weighted by atomic mass is 32.2. The molecule has 0 unspecified atom stereocenters. The van der Waals surface area contributed by atoms with Gasteiger partial charge in [0.2, 0.25) is 11.4 Å². The van der Waals surface area contributed by atoms with Gasteiger partial charge in [-0.15, -0.1) is 0 Å². The van der Waals surface area contributed by atoms with E-state index in [0.717, 1.165) is 6.26 Å². The lowest BCUT2D eigenvalue weighted by Crippen LogP contribution is -2.38. The number of ether oxygens (including phenoxy) is 1. The van der Waals surface area contributed by atoms with Crippen LogP contribution < -0.4 is 4.57 Å². The molecular formula is C11H15N2O6S+. The fourth-order valence-corrected chi connectivity index (χ4v) is 1.50. The molecule has 0 spiro atoms. The van der Waals surface area contributed by atoms with Crippen LogP contribution >= 0.6 is 0 Å². The third kappa shape index (κ3) is 5.87. The fourth-order valence-electron chi connectivity index (χ4n) is 1.26. The minimum Gasteiger partial charge on any atom is -0.295 e. The summed E-state index contributed by atoms with van der Waals surface area (Å²) < 4.78 is 32.5. The summed E-state index contributed by atoms with van der Waals surface area (Å²) in [6, 6.07) is 5.12. The van der Waals surface area contributed by atoms with Crippen LogP contribution in [-0.4, -0.2) is 26.4 Å². The molecule has 0 atom stereocenters. The number of hydrogen-bond acceptors (Lipinski definition) is 6. The molecule has 0 saturated carbocycles. The van der Waals surface area contributed by atoms with Crippen molar-refractivity contribution in [3.05, 3.63) is 45.9 Å². The Morgan fingerprint density at radius 2 is 2.20 bits per heavy atom. The normalized spacial score (nSPS) is 12.4. The Bertz CT molecular complexity index is 611. The van der Waals surface area contributed by atoms with Gasteiger partial charge in [0.1, 0.15) is 0 Å². The molecule has 0 saturated heterocycles. The zero-order valence-electron chi connectivity index (χ0n) is 11.1. The molecule has 0 aromatic carbocycles. The minimum absolute atomic E-state index is 0.00713. The third-order valence-corrected chi connectivity index (χ3v) is 2.72. The molecule has 0 aliphatic heterocycles. The molecule has 0 aliphatic rings. The van der Waals surface area contributed by atoms with Crippen molar-refractivity contribution < 1.29 is 26.8 Å². The zero-order chi connectivity index (χ0) is 15.2.